The van der Waals surface area contributed by atoms with Crippen LogP contribution >= 0.6 is 11.8 Å². The number of methoxy groups -OCH3 is 1. The topological polar surface area (TPSA) is 72.3 Å². The highest BCUT2D eigenvalue weighted by Gasteiger charge is 2.21. The Kier molecular flexibility index (Phi) is 4.95. The van der Waals surface area contributed by atoms with Gasteiger partial charge in [0.1, 0.15) is 5.25 Å². The van der Waals surface area contributed by atoms with Gasteiger partial charge in [-0.2, -0.15) is 4.98 Å². The summed E-state index contributed by atoms with van der Waals surface area (Å²) in [6.45, 7) is 0. The number of aliphatic carboxylic acids is 1. The fraction of sp³-hybridized carbons (Fsp3) is 0.214. The second kappa shape index (κ2) is 6.91. The molecule has 1 aromatic heterocycles. The molecule has 0 amide bonds. The maximum atomic E-state index is 11.4. The maximum absolute atomic E-state index is 11.4. The summed E-state index contributed by atoms with van der Waals surface area (Å²) in [6, 6.07) is 11.1. The lowest BCUT2D eigenvalue weighted by Crippen LogP contribution is -2.19. The lowest BCUT2D eigenvalue weighted by molar-refractivity contribution is -0.136. The number of carboxylic acids is 1. The third kappa shape index (κ3) is 3.96. The standard InChI is InChI=1S/C14H14N2O3S/c1-19-12-7-8-15-14(16-12)20-11(13(17)18)9-10-5-3-2-4-6-10/h2-8,11H,9H2,1H3,(H,17,18). The number of hydrogen-bond acceptors (Lipinski definition) is 5. The van der Waals surface area contributed by atoms with E-state index in [0.717, 1.165) is 17.3 Å². The van der Waals surface area contributed by atoms with E-state index in [2.05, 4.69) is 9.97 Å². The van der Waals surface area contributed by atoms with Gasteiger partial charge in [-0.15, -0.1) is 0 Å². The molecule has 1 unspecified atom stereocenters. The first kappa shape index (κ1) is 14.3. The Balaban J connectivity index is 2.11. The van der Waals surface area contributed by atoms with Crippen molar-refractivity contribution in [1.82, 2.24) is 9.97 Å². The van der Waals surface area contributed by atoms with Gasteiger partial charge in [-0.1, -0.05) is 42.1 Å². The molecule has 1 N–H and O–H groups in total. The largest absolute Gasteiger partial charge is 0.481 e. The predicted octanol–water partition coefficient (Wildman–Crippen LogP) is 2.27. The van der Waals surface area contributed by atoms with Gasteiger partial charge >= 0.3 is 5.97 Å². The minimum absolute atomic E-state index is 0.396. The van der Waals surface area contributed by atoms with Gasteiger partial charge in [-0.3, -0.25) is 4.79 Å². The minimum Gasteiger partial charge on any atom is -0.481 e. The van der Waals surface area contributed by atoms with E-state index in [-0.39, 0.29) is 0 Å². The highest BCUT2D eigenvalue weighted by molar-refractivity contribution is 8.00. The number of thioether (sulfide) groups is 1. The highest BCUT2D eigenvalue weighted by atomic mass is 32.2. The van der Waals surface area contributed by atoms with Gasteiger partial charge in [0.25, 0.3) is 0 Å². The molecular formula is C14H14N2O3S. The first-order valence-electron chi connectivity index (χ1n) is 5.99. The van der Waals surface area contributed by atoms with E-state index in [0.29, 0.717) is 17.5 Å². The van der Waals surface area contributed by atoms with Crippen LogP contribution in [-0.4, -0.2) is 33.4 Å². The summed E-state index contributed by atoms with van der Waals surface area (Å²) in [4.78, 5) is 19.5. The SMILES string of the molecule is COc1ccnc(SC(Cc2ccccc2)C(=O)O)n1. The van der Waals surface area contributed by atoms with Crippen molar-refractivity contribution in [2.24, 2.45) is 0 Å². The van der Waals surface area contributed by atoms with Crippen LogP contribution in [0.3, 0.4) is 0 Å². The van der Waals surface area contributed by atoms with Crippen LogP contribution < -0.4 is 4.74 Å². The van der Waals surface area contributed by atoms with Crippen molar-refractivity contribution < 1.29 is 14.6 Å². The van der Waals surface area contributed by atoms with E-state index in [1.165, 1.54) is 7.11 Å². The summed E-state index contributed by atoms with van der Waals surface area (Å²) in [6.07, 6.45) is 1.97. The van der Waals surface area contributed by atoms with Crippen molar-refractivity contribution in [3.8, 4) is 5.88 Å². The van der Waals surface area contributed by atoms with Gasteiger partial charge in [0.15, 0.2) is 5.16 Å². The van der Waals surface area contributed by atoms with Crippen molar-refractivity contribution in [3.05, 3.63) is 48.2 Å². The average molecular weight is 290 g/mol. The van der Waals surface area contributed by atoms with Crippen molar-refractivity contribution >= 4 is 17.7 Å². The molecular weight excluding hydrogens is 276 g/mol. The van der Waals surface area contributed by atoms with Crippen LogP contribution in [0.1, 0.15) is 5.56 Å². The molecule has 1 aromatic carbocycles. The van der Waals surface area contributed by atoms with E-state index < -0.39 is 11.2 Å². The zero-order valence-electron chi connectivity index (χ0n) is 10.9. The molecule has 0 spiro atoms. The van der Waals surface area contributed by atoms with Crippen LogP contribution in [0.2, 0.25) is 0 Å². The van der Waals surface area contributed by atoms with Crippen molar-refractivity contribution in [3.63, 3.8) is 0 Å². The lowest BCUT2D eigenvalue weighted by atomic mass is 10.1. The molecule has 2 rings (SSSR count). The van der Waals surface area contributed by atoms with Gasteiger partial charge in [0.05, 0.1) is 7.11 Å². The zero-order chi connectivity index (χ0) is 14.4. The monoisotopic (exact) mass is 290 g/mol. The number of carbonyl (C=O) groups is 1. The molecule has 0 aliphatic heterocycles. The summed E-state index contributed by atoms with van der Waals surface area (Å²) < 4.78 is 5.00. The molecule has 20 heavy (non-hydrogen) atoms. The van der Waals surface area contributed by atoms with Gasteiger partial charge in [0, 0.05) is 12.3 Å². The number of rotatable bonds is 6. The Morgan fingerprint density at radius 3 is 2.75 bits per heavy atom. The molecule has 0 fully saturated rings. The molecule has 0 aliphatic rings. The third-order valence-corrected chi connectivity index (χ3v) is 3.66. The molecule has 104 valence electrons. The van der Waals surface area contributed by atoms with Crippen LogP contribution in [-0.2, 0) is 11.2 Å². The number of nitrogens with zero attached hydrogens (tertiary/aromatic N) is 2. The van der Waals surface area contributed by atoms with Crippen LogP contribution in [0.15, 0.2) is 47.8 Å². The van der Waals surface area contributed by atoms with Crippen molar-refractivity contribution in [1.29, 1.82) is 0 Å². The molecule has 0 saturated heterocycles. The zero-order valence-corrected chi connectivity index (χ0v) is 11.7. The fourth-order valence-corrected chi connectivity index (χ4v) is 2.53. The van der Waals surface area contributed by atoms with E-state index >= 15 is 0 Å². The molecule has 1 atom stereocenters. The first-order chi connectivity index (χ1) is 9.69. The Bertz CT molecular complexity index is 578. The number of benzene rings is 1. The summed E-state index contributed by atoms with van der Waals surface area (Å²) in [5.74, 6) is -0.461. The van der Waals surface area contributed by atoms with Crippen LogP contribution in [0.5, 0.6) is 5.88 Å². The molecule has 6 heteroatoms. The number of ether oxygens (including phenoxy) is 1. The van der Waals surface area contributed by atoms with Crippen molar-refractivity contribution in [2.75, 3.05) is 7.11 Å². The summed E-state index contributed by atoms with van der Waals surface area (Å²) in [5.41, 5.74) is 0.968. The van der Waals surface area contributed by atoms with E-state index in [9.17, 15) is 9.90 Å². The van der Waals surface area contributed by atoms with Gasteiger partial charge in [-0.25, -0.2) is 4.98 Å². The fourth-order valence-electron chi connectivity index (χ4n) is 1.63. The molecule has 2 aromatic rings. The molecule has 5 nitrogen and oxygen atoms in total. The number of hydrogen-bond donors (Lipinski definition) is 1. The first-order valence-corrected chi connectivity index (χ1v) is 6.87. The number of aromatic nitrogens is 2. The van der Waals surface area contributed by atoms with E-state index in [1.54, 1.807) is 12.3 Å². The summed E-state index contributed by atoms with van der Waals surface area (Å²) in [7, 11) is 1.51. The highest BCUT2D eigenvalue weighted by Crippen LogP contribution is 2.24. The Morgan fingerprint density at radius 1 is 1.35 bits per heavy atom. The second-order valence-corrected chi connectivity index (χ2v) is 5.19. The van der Waals surface area contributed by atoms with Crippen molar-refractivity contribution in [2.45, 2.75) is 16.8 Å². The molecule has 0 saturated carbocycles. The Hall–Kier alpha value is -2.08. The summed E-state index contributed by atoms with van der Waals surface area (Å²) >= 11 is 1.12. The van der Waals surface area contributed by atoms with E-state index in [4.69, 9.17) is 4.74 Å². The number of carboxylic acid groups (broad SMARTS) is 1. The molecule has 1 heterocycles. The van der Waals surface area contributed by atoms with Gasteiger partial charge in [0.2, 0.25) is 5.88 Å². The quantitative estimate of drug-likeness (QED) is 0.650. The van der Waals surface area contributed by atoms with Gasteiger partial charge in [-0.05, 0) is 12.0 Å². The van der Waals surface area contributed by atoms with E-state index in [1.807, 2.05) is 30.3 Å². The maximum Gasteiger partial charge on any atom is 0.317 e. The Labute approximate surface area is 121 Å². The molecule has 0 radical (unpaired) electrons. The van der Waals surface area contributed by atoms with Crippen LogP contribution in [0.25, 0.3) is 0 Å². The third-order valence-electron chi connectivity index (χ3n) is 2.60. The van der Waals surface area contributed by atoms with Gasteiger partial charge < -0.3 is 9.84 Å². The Morgan fingerprint density at radius 2 is 2.10 bits per heavy atom. The lowest BCUT2D eigenvalue weighted by Gasteiger charge is -2.11. The normalized spacial score (nSPS) is 11.8. The molecule has 0 bridgehead atoms. The van der Waals surface area contributed by atoms with Crippen LogP contribution in [0, 0.1) is 0 Å². The average Bonchev–Trinajstić information content (AvgIpc) is 2.48. The minimum atomic E-state index is -0.884. The van der Waals surface area contributed by atoms with Crippen LogP contribution in [0.4, 0.5) is 0 Å². The molecule has 0 aliphatic carbocycles. The summed E-state index contributed by atoms with van der Waals surface area (Å²) in [5, 5.41) is 9.08. The second-order valence-electron chi connectivity index (χ2n) is 4.02. The predicted molar refractivity (Wildman–Crippen MR) is 76.0 cm³/mol. The smallest absolute Gasteiger partial charge is 0.317 e.